The molecule has 1 saturated heterocycles. The molecule has 0 spiro atoms. The summed E-state index contributed by atoms with van der Waals surface area (Å²) in [6.45, 7) is 2.04. The summed E-state index contributed by atoms with van der Waals surface area (Å²) >= 11 is 2.38. The number of thioether (sulfide) groups is 1. The lowest BCUT2D eigenvalue weighted by Gasteiger charge is -2.22. The van der Waals surface area contributed by atoms with Crippen LogP contribution in [0.5, 0.6) is 0 Å². The van der Waals surface area contributed by atoms with E-state index in [0.717, 1.165) is 17.3 Å². The second kappa shape index (κ2) is 9.55. The van der Waals surface area contributed by atoms with E-state index >= 15 is 0 Å². The number of halogens is 1. The molecule has 3 N–H and O–H groups in total. The smallest absolute Gasteiger partial charge is 0.344 e. The number of nitrogens with one attached hydrogen (secondary N) is 3. The Labute approximate surface area is 196 Å². The molecule has 4 amide bonds. The molecule has 9 nitrogen and oxygen atoms in total. The molecule has 33 heavy (non-hydrogen) atoms. The Hall–Kier alpha value is -3.51. The normalized spacial score (nSPS) is 17.7. The summed E-state index contributed by atoms with van der Waals surface area (Å²) in [4.78, 5) is 37.5. The van der Waals surface area contributed by atoms with Crippen LogP contribution in [0.4, 0.5) is 14.3 Å². The lowest BCUT2D eigenvalue weighted by Crippen LogP contribution is -2.48. The Bertz CT molecular complexity index is 1170. The van der Waals surface area contributed by atoms with Crippen LogP contribution >= 0.6 is 23.1 Å². The summed E-state index contributed by atoms with van der Waals surface area (Å²) in [5, 5.41) is 15.0. The minimum atomic E-state index is -1.26. The van der Waals surface area contributed by atoms with Crippen molar-refractivity contribution in [1.82, 2.24) is 25.9 Å². The number of anilines is 1. The summed E-state index contributed by atoms with van der Waals surface area (Å²) in [6.07, 6.45) is 0. The van der Waals surface area contributed by atoms with Gasteiger partial charge in [0.05, 0.1) is 5.75 Å². The zero-order chi connectivity index (χ0) is 23.4. The highest BCUT2D eigenvalue weighted by atomic mass is 32.2. The van der Waals surface area contributed by atoms with E-state index < -0.39 is 23.4 Å². The molecule has 12 heteroatoms. The van der Waals surface area contributed by atoms with Crippen LogP contribution in [-0.4, -0.2) is 38.8 Å². The van der Waals surface area contributed by atoms with Crippen molar-refractivity contribution in [2.75, 3.05) is 11.1 Å². The average Bonchev–Trinajstić information content (AvgIpc) is 3.36. The first-order valence-corrected chi connectivity index (χ1v) is 11.6. The van der Waals surface area contributed by atoms with Gasteiger partial charge in [-0.15, -0.1) is 10.2 Å². The molecule has 3 aromatic rings. The van der Waals surface area contributed by atoms with Crippen molar-refractivity contribution in [2.45, 2.75) is 23.3 Å². The summed E-state index contributed by atoms with van der Waals surface area (Å²) in [5.41, 5.74) is 2.59. The van der Waals surface area contributed by atoms with E-state index in [-0.39, 0.29) is 11.6 Å². The summed E-state index contributed by atoms with van der Waals surface area (Å²) < 4.78 is 13.5. The fourth-order valence-corrected chi connectivity index (χ4v) is 4.65. The van der Waals surface area contributed by atoms with Crippen molar-refractivity contribution in [2.24, 2.45) is 0 Å². The number of nitrogens with zero attached hydrogens (tertiary/aromatic N) is 3. The molecule has 1 fully saturated rings. The number of imide groups is 1. The Morgan fingerprint density at radius 2 is 1.88 bits per heavy atom. The summed E-state index contributed by atoms with van der Waals surface area (Å²) in [5.74, 6) is -1.47. The first-order valence-electron chi connectivity index (χ1n) is 9.81. The van der Waals surface area contributed by atoms with Gasteiger partial charge >= 0.3 is 6.03 Å². The fraction of sp³-hybridized carbons (Fsp3) is 0.190. The molecular weight excluding hydrogens is 467 g/mol. The van der Waals surface area contributed by atoms with Crippen LogP contribution in [0.3, 0.4) is 0 Å². The predicted octanol–water partition coefficient (Wildman–Crippen LogP) is 2.88. The number of hydrogen-bond donors (Lipinski definition) is 3. The van der Waals surface area contributed by atoms with Crippen molar-refractivity contribution in [1.29, 1.82) is 0 Å². The Balaban J connectivity index is 1.28. The molecule has 0 bridgehead atoms. The van der Waals surface area contributed by atoms with Gasteiger partial charge in [0, 0.05) is 6.54 Å². The molecule has 1 aliphatic rings. The number of hydrazine groups is 1. The summed E-state index contributed by atoms with van der Waals surface area (Å²) in [7, 11) is 0. The molecule has 1 aliphatic heterocycles. The van der Waals surface area contributed by atoms with Gasteiger partial charge in [0.25, 0.3) is 5.91 Å². The average molecular weight is 487 g/mol. The molecule has 1 aromatic heterocycles. The molecule has 0 radical (unpaired) electrons. The highest BCUT2D eigenvalue weighted by Crippen LogP contribution is 2.28. The Morgan fingerprint density at radius 3 is 2.61 bits per heavy atom. The van der Waals surface area contributed by atoms with Crippen molar-refractivity contribution in [3.63, 3.8) is 0 Å². The SMILES string of the molecule is CC1(c2ccccc2)NC(=O)N(NC(=O)CSc2nnc(NCc3ccc(F)cc3)s2)C1=O. The van der Waals surface area contributed by atoms with E-state index in [1.807, 2.05) is 6.07 Å². The van der Waals surface area contributed by atoms with E-state index in [1.54, 1.807) is 43.3 Å². The first-order chi connectivity index (χ1) is 15.8. The number of benzene rings is 2. The molecular formula is C21H19FN6O3S2. The predicted molar refractivity (Wildman–Crippen MR) is 122 cm³/mol. The minimum Gasteiger partial charge on any atom is -0.356 e. The number of hydrogen-bond acceptors (Lipinski definition) is 8. The van der Waals surface area contributed by atoms with Gasteiger partial charge in [-0.1, -0.05) is 65.6 Å². The molecule has 1 unspecified atom stereocenters. The van der Waals surface area contributed by atoms with E-state index in [1.165, 1.54) is 23.5 Å². The highest BCUT2D eigenvalue weighted by Gasteiger charge is 2.49. The minimum absolute atomic E-state index is 0.0638. The van der Waals surface area contributed by atoms with Crippen LogP contribution in [0, 0.1) is 5.82 Å². The third-order valence-corrected chi connectivity index (χ3v) is 6.88. The third kappa shape index (κ3) is 5.12. The number of amides is 4. The maximum atomic E-state index is 13.0. The number of rotatable bonds is 8. The number of carbonyl (C=O) groups is 3. The van der Waals surface area contributed by atoms with Gasteiger partial charge in [-0.3, -0.25) is 15.0 Å². The molecule has 2 aromatic carbocycles. The third-order valence-electron chi connectivity index (χ3n) is 4.87. The van der Waals surface area contributed by atoms with Crippen molar-refractivity contribution < 1.29 is 18.8 Å². The Kier molecular flexibility index (Phi) is 6.56. The van der Waals surface area contributed by atoms with Crippen molar-refractivity contribution in [3.8, 4) is 0 Å². The molecule has 1 atom stereocenters. The van der Waals surface area contributed by atoms with Gasteiger partial charge in [0.1, 0.15) is 11.4 Å². The van der Waals surface area contributed by atoms with E-state index in [0.29, 0.717) is 26.6 Å². The largest absolute Gasteiger partial charge is 0.356 e. The quantitative estimate of drug-likeness (QED) is 0.331. The monoisotopic (exact) mass is 486 g/mol. The topological polar surface area (TPSA) is 116 Å². The standard InChI is InChI=1S/C21H19FN6O3S2/c1-21(14-5-3-2-4-6-14)17(30)28(19(31)24-21)27-16(29)12-32-20-26-25-18(33-20)23-11-13-7-9-15(22)10-8-13/h2-10H,11-12H2,1H3,(H,23,25)(H,24,31)(H,27,29). The number of carbonyl (C=O) groups excluding carboxylic acids is 3. The fourth-order valence-electron chi connectivity index (χ4n) is 3.11. The van der Waals surface area contributed by atoms with Gasteiger partial charge in [-0.05, 0) is 30.2 Å². The molecule has 170 valence electrons. The van der Waals surface area contributed by atoms with Crippen LogP contribution in [0.25, 0.3) is 0 Å². The summed E-state index contributed by atoms with van der Waals surface area (Å²) in [6, 6.07) is 14.2. The first kappa shape index (κ1) is 22.7. The molecule has 4 rings (SSSR count). The lowest BCUT2D eigenvalue weighted by molar-refractivity contribution is -0.138. The van der Waals surface area contributed by atoms with Gasteiger partial charge in [-0.25, -0.2) is 9.18 Å². The second-order valence-corrected chi connectivity index (χ2v) is 9.44. The van der Waals surface area contributed by atoms with E-state index in [2.05, 4.69) is 26.3 Å². The van der Waals surface area contributed by atoms with Crippen LogP contribution in [0.15, 0.2) is 58.9 Å². The maximum Gasteiger partial charge on any atom is 0.344 e. The second-order valence-electron chi connectivity index (χ2n) is 7.24. The van der Waals surface area contributed by atoms with E-state index in [4.69, 9.17) is 0 Å². The molecule has 0 aliphatic carbocycles. The van der Waals surface area contributed by atoms with Gasteiger partial charge < -0.3 is 10.6 Å². The van der Waals surface area contributed by atoms with Gasteiger partial charge in [0.15, 0.2) is 4.34 Å². The van der Waals surface area contributed by atoms with Crippen LogP contribution in [0.1, 0.15) is 18.1 Å². The van der Waals surface area contributed by atoms with Crippen molar-refractivity contribution >= 4 is 46.1 Å². The number of aromatic nitrogens is 2. The zero-order valence-corrected chi connectivity index (χ0v) is 19.0. The van der Waals surface area contributed by atoms with Crippen LogP contribution in [-0.2, 0) is 21.7 Å². The van der Waals surface area contributed by atoms with Crippen LogP contribution < -0.4 is 16.1 Å². The van der Waals surface area contributed by atoms with Gasteiger partial charge in [-0.2, -0.15) is 5.01 Å². The highest BCUT2D eigenvalue weighted by molar-refractivity contribution is 8.01. The van der Waals surface area contributed by atoms with Crippen LogP contribution in [0.2, 0.25) is 0 Å². The van der Waals surface area contributed by atoms with E-state index in [9.17, 15) is 18.8 Å². The lowest BCUT2D eigenvalue weighted by atomic mass is 9.92. The van der Waals surface area contributed by atoms with Crippen molar-refractivity contribution in [3.05, 3.63) is 71.5 Å². The number of urea groups is 1. The zero-order valence-electron chi connectivity index (χ0n) is 17.4. The van der Waals surface area contributed by atoms with Gasteiger partial charge in [0.2, 0.25) is 11.0 Å². The Morgan fingerprint density at radius 1 is 1.15 bits per heavy atom. The molecule has 2 heterocycles. The maximum absolute atomic E-state index is 13.0. The molecule has 0 saturated carbocycles.